The molecule has 1 saturated carbocycles. The van der Waals surface area contributed by atoms with Crippen LogP contribution in [0.25, 0.3) is 0 Å². The average molecular weight is 252 g/mol. The fraction of sp³-hybridized carbons (Fsp3) is 0.500. The van der Waals surface area contributed by atoms with Gasteiger partial charge in [-0.1, -0.05) is 30.2 Å². The second-order valence-corrected chi connectivity index (χ2v) is 5.53. The third-order valence-electron chi connectivity index (χ3n) is 3.88. The monoisotopic (exact) mass is 251 g/mol. The minimum absolute atomic E-state index is 0.0639. The van der Waals surface area contributed by atoms with E-state index in [1.54, 1.807) is 6.07 Å². The molecule has 0 atom stereocenters. The van der Waals surface area contributed by atoms with Crippen molar-refractivity contribution in [2.45, 2.75) is 32.6 Å². The van der Waals surface area contributed by atoms with Crippen molar-refractivity contribution in [2.75, 3.05) is 6.54 Å². The molecule has 1 fully saturated rings. The van der Waals surface area contributed by atoms with Crippen LogP contribution in [0.4, 0.5) is 0 Å². The molecule has 0 heterocycles. The van der Waals surface area contributed by atoms with Gasteiger partial charge in [0.15, 0.2) is 5.78 Å². The first-order chi connectivity index (χ1) is 8.06. The summed E-state index contributed by atoms with van der Waals surface area (Å²) >= 11 is 6.03. The summed E-state index contributed by atoms with van der Waals surface area (Å²) in [5.41, 5.74) is 7.54. The molecule has 3 heteroatoms. The number of rotatable bonds is 4. The van der Waals surface area contributed by atoms with Crippen LogP contribution in [0.3, 0.4) is 0 Å². The van der Waals surface area contributed by atoms with Crippen molar-refractivity contribution in [3.8, 4) is 0 Å². The molecule has 17 heavy (non-hydrogen) atoms. The number of aryl methyl sites for hydroxylation is 1. The molecule has 0 aromatic heterocycles. The number of halogens is 1. The van der Waals surface area contributed by atoms with Crippen molar-refractivity contribution in [1.29, 1.82) is 0 Å². The van der Waals surface area contributed by atoms with Crippen molar-refractivity contribution in [3.05, 3.63) is 34.3 Å². The summed E-state index contributed by atoms with van der Waals surface area (Å²) in [6, 6.07) is 5.51. The average Bonchev–Trinajstić information content (AvgIpc) is 2.27. The molecular weight excluding hydrogens is 234 g/mol. The molecule has 1 aromatic carbocycles. The van der Waals surface area contributed by atoms with E-state index >= 15 is 0 Å². The Kier molecular flexibility index (Phi) is 3.55. The minimum Gasteiger partial charge on any atom is -0.330 e. The fourth-order valence-electron chi connectivity index (χ4n) is 2.34. The highest BCUT2D eigenvalue weighted by Crippen LogP contribution is 2.43. The molecular formula is C14H18ClNO. The van der Waals surface area contributed by atoms with Gasteiger partial charge in [0.05, 0.1) is 0 Å². The molecule has 2 nitrogen and oxygen atoms in total. The quantitative estimate of drug-likeness (QED) is 0.834. The first kappa shape index (κ1) is 12.6. The maximum absolute atomic E-state index is 12.2. The lowest BCUT2D eigenvalue weighted by Gasteiger charge is -2.40. The highest BCUT2D eigenvalue weighted by molar-refractivity contribution is 6.31. The van der Waals surface area contributed by atoms with Gasteiger partial charge in [-0.15, -0.1) is 0 Å². The Hall–Kier alpha value is -0.860. The predicted octanol–water partition coefficient (Wildman–Crippen LogP) is 3.35. The third-order valence-corrected chi connectivity index (χ3v) is 4.28. The summed E-state index contributed by atoms with van der Waals surface area (Å²) in [6.45, 7) is 2.54. The van der Waals surface area contributed by atoms with Gasteiger partial charge in [0.1, 0.15) is 0 Å². The molecule has 0 bridgehead atoms. The maximum Gasteiger partial charge on any atom is 0.163 e. The lowest BCUT2D eigenvalue weighted by Crippen LogP contribution is -2.39. The molecule has 92 valence electrons. The van der Waals surface area contributed by atoms with Crippen molar-refractivity contribution in [2.24, 2.45) is 11.1 Å². The van der Waals surface area contributed by atoms with E-state index in [0.29, 0.717) is 23.6 Å². The Balaban J connectivity index is 2.11. The molecule has 0 spiro atoms. The summed E-state index contributed by atoms with van der Waals surface area (Å²) in [4.78, 5) is 12.2. The van der Waals surface area contributed by atoms with Crippen LogP contribution < -0.4 is 5.73 Å². The lowest BCUT2D eigenvalue weighted by atomic mass is 9.65. The Morgan fingerprint density at radius 3 is 2.65 bits per heavy atom. The molecule has 0 unspecified atom stereocenters. The second kappa shape index (κ2) is 4.79. The first-order valence-electron chi connectivity index (χ1n) is 6.06. The Labute approximate surface area is 107 Å². The van der Waals surface area contributed by atoms with Gasteiger partial charge in [0.25, 0.3) is 0 Å². The Bertz CT molecular complexity index is 432. The van der Waals surface area contributed by atoms with Crippen LogP contribution in [0.5, 0.6) is 0 Å². The van der Waals surface area contributed by atoms with Crippen LogP contribution in [-0.2, 0) is 0 Å². The molecule has 1 aliphatic carbocycles. The fourth-order valence-corrected chi connectivity index (χ4v) is 2.52. The van der Waals surface area contributed by atoms with E-state index in [2.05, 4.69) is 0 Å². The summed E-state index contributed by atoms with van der Waals surface area (Å²) < 4.78 is 0. The standard InChI is InChI=1S/C14H18ClNO/c1-10-3-4-11(7-12(10)15)13(17)8-14(9-16)5-2-6-14/h3-4,7H,2,5-6,8-9,16H2,1H3. The van der Waals surface area contributed by atoms with E-state index in [9.17, 15) is 4.79 Å². The van der Waals surface area contributed by atoms with E-state index in [0.717, 1.165) is 18.4 Å². The molecule has 1 aromatic rings. The number of ketones is 1. The zero-order valence-electron chi connectivity index (χ0n) is 10.1. The lowest BCUT2D eigenvalue weighted by molar-refractivity contribution is 0.0786. The van der Waals surface area contributed by atoms with Crippen LogP contribution in [0.2, 0.25) is 5.02 Å². The van der Waals surface area contributed by atoms with Crippen LogP contribution in [0.15, 0.2) is 18.2 Å². The predicted molar refractivity (Wildman–Crippen MR) is 70.5 cm³/mol. The van der Waals surface area contributed by atoms with E-state index in [1.807, 2.05) is 19.1 Å². The summed E-state index contributed by atoms with van der Waals surface area (Å²) in [5.74, 6) is 0.164. The maximum atomic E-state index is 12.2. The zero-order chi connectivity index (χ0) is 12.5. The second-order valence-electron chi connectivity index (χ2n) is 5.12. The molecule has 2 rings (SSSR count). The highest BCUT2D eigenvalue weighted by atomic mass is 35.5. The van der Waals surface area contributed by atoms with Crippen molar-refractivity contribution in [3.63, 3.8) is 0 Å². The van der Waals surface area contributed by atoms with Gasteiger partial charge in [0.2, 0.25) is 0 Å². The van der Waals surface area contributed by atoms with E-state index in [-0.39, 0.29) is 11.2 Å². The topological polar surface area (TPSA) is 43.1 Å². The molecule has 0 amide bonds. The third kappa shape index (κ3) is 2.53. The van der Waals surface area contributed by atoms with Crippen LogP contribution >= 0.6 is 11.6 Å². The SMILES string of the molecule is Cc1ccc(C(=O)CC2(CN)CCC2)cc1Cl. The van der Waals surface area contributed by atoms with Gasteiger partial charge >= 0.3 is 0 Å². The molecule has 0 aliphatic heterocycles. The number of carbonyl (C=O) groups excluding carboxylic acids is 1. The number of Topliss-reactive ketones (excluding diaryl/α,β-unsaturated/α-hetero) is 1. The van der Waals surface area contributed by atoms with Gasteiger partial charge in [-0.2, -0.15) is 0 Å². The minimum atomic E-state index is 0.0639. The van der Waals surface area contributed by atoms with E-state index < -0.39 is 0 Å². The number of hydrogen-bond donors (Lipinski definition) is 1. The number of nitrogens with two attached hydrogens (primary N) is 1. The van der Waals surface area contributed by atoms with E-state index in [4.69, 9.17) is 17.3 Å². The van der Waals surface area contributed by atoms with Crippen LogP contribution in [0.1, 0.15) is 41.6 Å². The van der Waals surface area contributed by atoms with Crippen molar-refractivity contribution < 1.29 is 4.79 Å². The van der Waals surface area contributed by atoms with Gasteiger partial charge in [-0.25, -0.2) is 0 Å². The summed E-state index contributed by atoms with van der Waals surface area (Å²) in [5, 5.41) is 0.659. The van der Waals surface area contributed by atoms with Gasteiger partial charge in [-0.05, 0) is 43.4 Å². The normalized spacial score (nSPS) is 17.6. The van der Waals surface area contributed by atoms with Crippen LogP contribution in [-0.4, -0.2) is 12.3 Å². The zero-order valence-corrected chi connectivity index (χ0v) is 10.9. The van der Waals surface area contributed by atoms with Gasteiger partial charge in [-0.3, -0.25) is 4.79 Å². The Morgan fingerprint density at radius 1 is 1.47 bits per heavy atom. The van der Waals surface area contributed by atoms with Crippen LogP contribution in [0, 0.1) is 12.3 Å². The smallest absolute Gasteiger partial charge is 0.163 e. The number of benzene rings is 1. The summed E-state index contributed by atoms with van der Waals surface area (Å²) in [6.07, 6.45) is 3.91. The number of hydrogen-bond acceptors (Lipinski definition) is 2. The molecule has 1 aliphatic rings. The molecule has 2 N–H and O–H groups in total. The molecule has 0 saturated heterocycles. The molecule has 0 radical (unpaired) electrons. The largest absolute Gasteiger partial charge is 0.330 e. The highest BCUT2D eigenvalue weighted by Gasteiger charge is 2.37. The first-order valence-corrected chi connectivity index (χ1v) is 6.44. The van der Waals surface area contributed by atoms with Crippen molar-refractivity contribution in [1.82, 2.24) is 0 Å². The van der Waals surface area contributed by atoms with Gasteiger partial charge in [0, 0.05) is 17.0 Å². The Morgan fingerprint density at radius 2 is 2.18 bits per heavy atom. The number of carbonyl (C=O) groups is 1. The van der Waals surface area contributed by atoms with Crippen molar-refractivity contribution >= 4 is 17.4 Å². The summed E-state index contributed by atoms with van der Waals surface area (Å²) in [7, 11) is 0. The van der Waals surface area contributed by atoms with E-state index in [1.165, 1.54) is 6.42 Å². The van der Waals surface area contributed by atoms with Gasteiger partial charge < -0.3 is 5.73 Å².